The Balaban J connectivity index is 1.04. The lowest BCUT2D eigenvalue weighted by molar-refractivity contribution is 1.16. The minimum Gasteiger partial charge on any atom is -0.309 e. The normalized spacial score (nSPS) is 11.6. The van der Waals surface area contributed by atoms with Gasteiger partial charge in [-0.05, 0) is 133 Å². The summed E-state index contributed by atoms with van der Waals surface area (Å²) < 4.78 is 4.89. The maximum Gasteiger partial charge on any atom is 0.160 e. The van der Waals surface area contributed by atoms with Crippen molar-refractivity contribution in [1.29, 1.82) is 0 Å². The standard InChI is InChI=1S/C68H50N4/c1-43-26-31-54(45(3)36-43)50-28-33-66-59(39-50)56-22-11-13-24-63(56)71(66)53-21-15-20-49(38-53)58-41-52(62-42-61(47-16-7-5-8-17-47)69-68(70-62)48-18-9-6-10-19-48)30-35-65(58)72-64-25-14-12-23-57(64)60-40-51(29-34-67(60)72)55-32-27-44(2)37-46(55)4/h5-42H,1-4H3. The number of nitrogens with zero attached hydrogens (tertiary/aromatic N) is 4. The second-order valence-electron chi connectivity index (χ2n) is 19.3. The van der Waals surface area contributed by atoms with Crippen LogP contribution in [0.4, 0.5) is 0 Å². The number of rotatable bonds is 8. The van der Waals surface area contributed by atoms with E-state index in [0.29, 0.717) is 5.82 Å². The Labute approximate surface area is 419 Å². The lowest BCUT2D eigenvalue weighted by Crippen LogP contribution is -2.00. The van der Waals surface area contributed by atoms with Gasteiger partial charge >= 0.3 is 0 Å². The van der Waals surface area contributed by atoms with E-state index >= 15 is 0 Å². The number of hydrogen-bond donors (Lipinski definition) is 0. The maximum atomic E-state index is 5.32. The minimum atomic E-state index is 0.689. The third-order valence-electron chi connectivity index (χ3n) is 14.5. The average Bonchev–Trinajstić information content (AvgIpc) is 3.93. The molecule has 10 aromatic carbocycles. The Hall–Kier alpha value is -9.12. The lowest BCUT2D eigenvalue weighted by Gasteiger charge is -2.18. The molecule has 0 bridgehead atoms. The SMILES string of the molecule is Cc1ccc(-c2ccc3c(c2)c2ccccc2n3-c2cccc(-c3cc(-c4cc(-c5ccccc5)nc(-c5ccccc5)n4)ccc3-n3c4ccccc4c4cc(-c5ccc(C)cc5C)ccc43)c2)c(C)c1. The van der Waals surface area contributed by atoms with Crippen molar-refractivity contribution >= 4 is 43.6 Å². The number of hydrogen-bond acceptors (Lipinski definition) is 2. The minimum absolute atomic E-state index is 0.689. The van der Waals surface area contributed by atoms with Gasteiger partial charge in [0.2, 0.25) is 0 Å². The predicted octanol–water partition coefficient (Wildman–Crippen LogP) is 17.9. The largest absolute Gasteiger partial charge is 0.309 e. The van der Waals surface area contributed by atoms with Crippen molar-refractivity contribution in [2.75, 3.05) is 0 Å². The molecular formula is C68H50N4. The van der Waals surface area contributed by atoms with Crippen LogP contribution in [0.25, 0.3) is 122 Å². The topological polar surface area (TPSA) is 35.6 Å². The highest BCUT2D eigenvalue weighted by Crippen LogP contribution is 2.42. The number of fused-ring (bicyclic) bond motifs is 6. The summed E-state index contributed by atoms with van der Waals surface area (Å²) in [5.74, 6) is 0.689. The third kappa shape index (κ3) is 7.39. The molecule has 0 amide bonds. The first-order valence-electron chi connectivity index (χ1n) is 24.8. The van der Waals surface area contributed by atoms with Crippen molar-refractivity contribution in [3.05, 3.63) is 253 Å². The molecular weight excluding hydrogens is 873 g/mol. The Morgan fingerprint density at radius 1 is 0.292 bits per heavy atom. The van der Waals surface area contributed by atoms with Gasteiger partial charge in [0.1, 0.15) is 0 Å². The second kappa shape index (κ2) is 17.4. The summed E-state index contributed by atoms with van der Waals surface area (Å²) in [6, 6.07) is 83.9. The quantitative estimate of drug-likeness (QED) is 0.152. The van der Waals surface area contributed by atoms with E-state index in [0.717, 1.165) is 61.6 Å². The van der Waals surface area contributed by atoms with Gasteiger partial charge in [-0.2, -0.15) is 0 Å². The summed E-state index contributed by atoms with van der Waals surface area (Å²) in [6.07, 6.45) is 0. The fraction of sp³-hybridized carbons (Fsp3) is 0.0588. The molecule has 4 heteroatoms. The zero-order chi connectivity index (χ0) is 48.5. The molecule has 0 aliphatic rings. The van der Waals surface area contributed by atoms with E-state index in [-0.39, 0.29) is 0 Å². The van der Waals surface area contributed by atoms with Crippen LogP contribution in [0.1, 0.15) is 22.3 Å². The van der Waals surface area contributed by atoms with E-state index in [2.05, 4.69) is 243 Å². The van der Waals surface area contributed by atoms with Gasteiger partial charge in [0.15, 0.2) is 5.82 Å². The fourth-order valence-corrected chi connectivity index (χ4v) is 11.1. The van der Waals surface area contributed by atoms with Crippen LogP contribution in [-0.2, 0) is 0 Å². The molecule has 0 atom stereocenters. The van der Waals surface area contributed by atoms with E-state index in [1.807, 2.05) is 24.3 Å². The summed E-state index contributed by atoms with van der Waals surface area (Å²) in [7, 11) is 0. The molecule has 0 fully saturated rings. The summed E-state index contributed by atoms with van der Waals surface area (Å²) >= 11 is 0. The molecule has 3 heterocycles. The lowest BCUT2D eigenvalue weighted by atomic mass is 9.97. The van der Waals surface area contributed by atoms with Crippen LogP contribution in [-0.4, -0.2) is 19.1 Å². The summed E-state index contributed by atoms with van der Waals surface area (Å²) in [6.45, 7) is 8.74. The van der Waals surface area contributed by atoms with Crippen LogP contribution in [0.15, 0.2) is 231 Å². The monoisotopic (exact) mass is 922 g/mol. The highest BCUT2D eigenvalue weighted by molar-refractivity contribution is 6.12. The van der Waals surface area contributed by atoms with E-state index in [1.165, 1.54) is 77.1 Å². The molecule has 0 spiro atoms. The Bertz CT molecular complexity index is 4190. The molecule has 0 aliphatic heterocycles. The van der Waals surface area contributed by atoms with Crippen LogP contribution >= 0.6 is 0 Å². The molecule has 13 aromatic rings. The van der Waals surface area contributed by atoms with Crippen LogP contribution in [0, 0.1) is 27.7 Å². The van der Waals surface area contributed by atoms with Gasteiger partial charge in [0, 0.05) is 49.5 Å². The Morgan fingerprint density at radius 3 is 1.39 bits per heavy atom. The average molecular weight is 923 g/mol. The Morgan fingerprint density at radius 2 is 0.778 bits per heavy atom. The van der Waals surface area contributed by atoms with Crippen LogP contribution in [0.2, 0.25) is 0 Å². The first-order chi connectivity index (χ1) is 35.3. The smallest absolute Gasteiger partial charge is 0.160 e. The number of aryl methyl sites for hydroxylation is 4. The van der Waals surface area contributed by atoms with Gasteiger partial charge in [0.25, 0.3) is 0 Å². The Kier molecular flexibility index (Phi) is 10.4. The number of para-hydroxylation sites is 2. The van der Waals surface area contributed by atoms with Crippen molar-refractivity contribution < 1.29 is 0 Å². The van der Waals surface area contributed by atoms with Gasteiger partial charge in [0.05, 0.1) is 39.1 Å². The van der Waals surface area contributed by atoms with Crippen LogP contribution in [0.3, 0.4) is 0 Å². The molecule has 0 aliphatic carbocycles. The van der Waals surface area contributed by atoms with E-state index in [9.17, 15) is 0 Å². The first kappa shape index (κ1) is 42.9. The molecule has 0 radical (unpaired) electrons. The molecule has 0 unspecified atom stereocenters. The second-order valence-corrected chi connectivity index (χ2v) is 19.3. The molecule has 13 rings (SSSR count). The summed E-state index contributed by atoms with van der Waals surface area (Å²) in [5, 5.41) is 4.89. The summed E-state index contributed by atoms with van der Waals surface area (Å²) in [4.78, 5) is 10.5. The molecule has 3 aromatic heterocycles. The molecule has 72 heavy (non-hydrogen) atoms. The van der Waals surface area contributed by atoms with Crippen molar-refractivity contribution in [3.8, 4) is 78.7 Å². The van der Waals surface area contributed by atoms with Gasteiger partial charge < -0.3 is 9.13 Å². The van der Waals surface area contributed by atoms with Crippen molar-refractivity contribution in [2.45, 2.75) is 27.7 Å². The van der Waals surface area contributed by atoms with E-state index < -0.39 is 0 Å². The van der Waals surface area contributed by atoms with Crippen LogP contribution < -0.4 is 0 Å². The van der Waals surface area contributed by atoms with Gasteiger partial charge in [-0.25, -0.2) is 9.97 Å². The summed E-state index contributed by atoms with van der Waals surface area (Å²) in [5.41, 5.74) is 23.8. The number of aromatic nitrogens is 4. The molecule has 0 N–H and O–H groups in total. The third-order valence-corrected chi connectivity index (χ3v) is 14.5. The predicted molar refractivity (Wildman–Crippen MR) is 302 cm³/mol. The van der Waals surface area contributed by atoms with Crippen molar-refractivity contribution in [1.82, 2.24) is 19.1 Å². The highest BCUT2D eigenvalue weighted by atomic mass is 15.0. The fourth-order valence-electron chi connectivity index (χ4n) is 11.1. The van der Waals surface area contributed by atoms with Gasteiger partial charge in [-0.3, -0.25) is 0 Å². The zero-order valence-electron chi connectivity index (χ0n) is 40.7. The highest BCUT2D eigenvalue weighted by Gasteiger charge is 2.21. The van der Waals surface area contributed by atoms with Crippen molar-refractivity contribution in [3.63, 3.8) is 0 Å². The van der Waals surface area contributed by atoms with E-state index in [1.54, 1.807) is 0 Å². The van der Waals surface area contributed by atoms with Gasteiger partial charge in [-0.1, -0.05) is 175 Å². The van der Waals surface area contributed by atoms with Crippen LogP contribution in [0.5, 0.6) is 0 Å². The van der Waals surface area contributed by atoms with Crippen molar-refractivity contribution in [2.24, 2.45) is 0 Å². The number of benzene rings is 10. The molecule has 342 valence electrons. The maximum absolute atomic E-state index is 5.32. The molecule has 4 nitrogen and oxygen atoms in total. The van der Waals surface area contributed by atoms with Gasteiger partial charge in [-0.15, -0.1) is 0 Å². The van der Waals surface area contributed by atoms with E-state index in [4.69, 9.17) is 9.97 Å². The molecule has 0 saturated heterocycles. The zero-order valence-corrected chi connectivity index (χ0v) is 40.7. The first-order valence-corrected chi connectivity index (χ1v) is 24.8. The molecule has 0 saturated carbocycles.